The molecule has 0 bridgehead atoms. The molecule has 0 aromatic heterocycles. The van der Waals surface area contributed by atoms with Crippen molar-refractivity contribution in [3.8, 4) is 0 Å². The van der Waals surface area contributed by atoms with Crippen molar-refractivity contribution < 1.29 is 14.4 Å². The molecule has 26 heavy (non-hydrogen) atoms. The number of rotatable bonds is 4. The van der Waals surface area contributed by atoms with Crippen molar-refractivity contribution in [2.24, 2.45) is 5.16 Å². The standard InChI is InChI=1S/C20H19N3O3/c1-12(14-7-8-16-15(9-14)10-19(24)22-16)21-20(25)17-11-18(26-23-17)13-5-3-2-4-6-13/h2-9,12,18H,10-11H2,1H3,(H,21,25)(H,22,24)/t12-,18+/m1/s1. The summed E-state index contributed by atoms with van der Waals surface area (Å²) in [6, 6.07) is 15.3. The highest BCUT2D eigenvalue weighted by molar-refractivity contribution is 6.39. The average molecular weight is 349 g/mol. The second-order valence-electron chi connectivity index (χ2n) is 6.58. The van der Waals surface area contributed by atoms with Crippen molar-refractivity contribution in [2.75, 3.05) is 5.32 Å². The van der Waals surface area contributed by atoms with Crippen LogP contribution >= 0.6 is 0 Å². The highest BCUT2D eigenvalue weighted by Gasteiger charge is 2.28. The summed E-state index contributed by atoms with van der Waals surface area (Å²) in [6.45, 7) is 1.91. The lowest BCUT2D eigenvalue weighted by Gasteiger charge is -2.15. The maximum absolute atomic E-state index is 12.5. The minimum Gasteiger partial charge on any atom is -0.387 e. The van der Waals surface area contributed by atoms with Gasteiger partial charge in [-0.05, 0) is 29.7 Å². The van der Waals surface area contributed by atoms with Crippen molar-refractivity contribution in [1.29, 1.82) is 0 Å². The Kier molecular flexibility index (Phi) is 4.16. The van der Waals surface area contributed by atoms with Crippen molar-refractivity contribution >= 4 is 23.2 Å². The highest BCUT2D eigenvalue weighted by Crippen LogP contribution is 2.28. The predicted molar refractivity (Wildman–Crippen MR) is 97.7 cm³/mol. The Balaban J connectivity index is 1.39. The number of hydrogen-bond donors (Lipinski definition) is 2. The highest BCUT2D eigenvalue weighted by atomic mass is 16.6. The second-order valence-corrected chi connectivity index (χ2v) is 6.58. The van der Waals surface area contributed by atoms with Gasteiger partial charge in [-0.3, -0.25) is 9.59 Å². The van der Waals surface area contributed by atoms with Gasteiger partial charge in [-0.25, -0.2) is 0 Å². The quantitative estimate of drug-likeness (QED) is 0.891. The number of carbonyl (C=O) groups is 2. The third-order valence-electron chi connectivity index (χ3n) is 4.70. The summed E-state index contributed by atoms with van der Waals surface area (Å²) in [5, 5.41) is 9.72. The topological polar surface area (TPSA) is 79.8 Å². The number of fused-ring (bicyclic) bond motifs is 1. The van der Waals surface area contributed by atoms with E-state index in [-0.39, 0.29) is 24.0 Å². The van der Waals surface area contributed by atoms with Crippen LogP contribution in [0.3, 0.4) is 0 Å². The summed E-state index contributed by atoms with van der Waals surface area (Å²) in [6.07, 6.45) is 0.609. The van der Waals surface area contributed by atoms with Crippen molar-refractivity contribution in [1.82, 2.24) is 5.32 Å². The SMILES string of the molecule is C[C@@H](NC(=O)C1=NO[C@H](c2ccccc2)C1)c1ccc2c(c1)CC(=O)N2. The van der Waals surface area contributed by atoms with E-state index < -0.39 is 0 Å². The van der Waals surface area contributed by atoms with E-state index >= 15 is 0 Å². The molecule has 2 aromatic carbocycles. The molecule has 2 N–H and O–H groups in total. The van der Waals surface area contributed by atoms with Gasteiger partial charge in [0.05, 0.1) is 12.5 Å². The molecule has 2 amide bonds. The van der Waals surface area contributed by atoms with Gasteiger partial charge in [0.2, 0.25) is 5.91 Å². The van der Waals surface area contributed by atoms with Gasteiger partial charge in [0, 0.05) is 12.1 Å². The van der Waals surface area contributed by atoms with Gasteiger partial charge < -0.3 is 15.5 Å². The maximum Gasteiger partial charge on any atom is 0.269 e. The Morgan fingerprint density at radius 3 is 2.88 bits per heavy atom. The molecular formula is C20H19N3O3. The number of benzene rings is 2. The minimum atomic E-state index is -0.231. The Labute approximate surface area is 151 Å². The summed E-state index contributed by atoms with van der Waals surface area (Å²) in [5.41, 5.74) is 4.15. The predicted octanol–water partition coefficient (Wildman–Crippen LogP) is 2.88. The van der Waals surface area contributed by atoms with Crippen LogP contribution in [0.4, 0.5) is 5.69 Å². The van der Waals surface area contributed by atoms with Crippen LogP contribution in [0.25, 0.3) is 0 Å². The number of anilines is 1. The summed E-state index contributed by atoms with van der Waals surface area (Å²) in [4.78, 5) is 29.4. The Morgan fingerprint density at radius 2 is 2.08 bits per heavy atom. The first-order valence-corrected chi connectivity index (χ1v) is 8.61. The van der Waals surface area contributed by atoms with Crippen LogP contribution in [0.5, 0.6) is 0 Å². The zero-order valence-electron chi connectivity index (χ0n) is 14.4. The van der Waals surface area contributed by atoms with Crippen molar-refractivity contribution in [3.05, 3.63) is 65.2 Å². The van der Waals surface area contributed by atoms with E-state index in [9.17, 15) is 9.59 Å². The Hall–Kier alpha value is -3.15. The van der Waals surface area contributed by atoms with E-state index in [1.807, 2.05) is 55.5 Å². The maximum atomic E-state index is 12.5. The number of nitrogens with one attached hydrogen (secondary N) is 2. The van der Waals surface area contributed by atoms with Gasteiger partial charge in [-0.2, -0.15) is 0 Å². The van der Waals surface area contributed by atoms with E-state index in [2.05, 4.69) is 15.8 Å². The van der Waals surface area contributed by atoms with E-state index in [0.717, 1.165) is 22.4 Å². The number of hydrogen-bond acceptors (Lipinski definition) is 4. The summed E-state index contributed by atoms with van der Waals surface area (Å²) < 4.78 is 0. The van der Waals surface area contributed by atoms with Crippen LogP contribution in [0.2, 0.25) is 0 Å². The van der Waals surface area contributed by atoms with Gasteiger partial charge in [-0.15, -0.1) is 0 Å². The first-order valence-electron chi connectivity index (χ1n) is 8.61. The first kappa shape index (κ1) is 16.3. The monoisotopic (exact) mass is 349 g/mol. The van der Waals surface area contributed by atoms with Crippen LogP contribution in [0, 0.1) is 0 Å². The summed E-state index contributed by atoms with van der Waals surface area (Å²) in [5.74, 6) is -0.233. The number of amides is 2. The van der Waals surface area contributed by atoms with Gasteiger partial charge in [0.15, 0.2) is 6.10 Å². The fourth-order valence-corrected chi connectivity index (χ4v) is 3.24. The molecule has 6 nitrogen and oxygen atoms in total. The molecule has 0 unspecified atom stereocenters. The lowest BCUT2D eigenvalue weighted by molar-refractivity contribution is -0.116. The Morgan fingerprint density at radius 1 is 1.27 bits per heavy atom. The van der Waals surface area contributed by atoms with Gasteiger partial charge in [-0.1, -0.05) is 47.6 Å². The molecule has 0 spiro atoms. The molecule has 2 aromatic rings. The van der Waals surface area contributed by atoms with E-state index in [0.29, 0.717) is 18.6 Å². The van der Waals surface area contributed by atoms with Crippen molar-refractivity contribution in [2.45, 2.75) is 31.9 Å². The normalized spacial score (nSPS) is 19.2. The zero-order chi connectivity index (χ0) is 18.1. The summed E-state index contributed by atoms with van der Waals surface area (Å²) in [7, 11) is 0. The zero-order valence-corrected chi connectivity index (χ0v) is 14.4. The molecule has 2 heterocycles. The van der Waals surface area contributed by atoms with Crippen LogP contribution in [0.15, 0.2) is 53.7 Å². The van der Waals surface area contributed by atoms with E-state index in [4.69, 9.17) is 4.84 Å². The van der Waals surface area contributed by atoms with Gasteiger partial charge in [0.25, 0.3) is 5.91 Å². The largest absolute Gasteiger partial charge is 0.387 e. The molecule has 2 aliphatic rings. The average Bonchev–Trinajstić information content (AvgIpc) is 3.27. The molecule has 2 atom stereocenters. The third-order valence-corrected chi connectivity index (χ3v) is 4.70. The first-order chi connectivity index (χ1) is 12.6. The van der Waals surface area contributed by atoms with Crippen LogP contribution < -0.4 is 10.6 Å². The molecule has 6 heteroatoms. The van der Waals surface area contributed by atoms with Gasteiger partial charge in [0.1, 0.15) is 5.71 Å². The molecule has 0 radical (unpaired) electrons. The molecule has 132 valence electrons. The fourth-order valence-electron chi connectivity index (χ4n) is 3.24. The summed E-state index contributed by atoms with van der Waals surface area (Å²) >= 11 is 0. The molecule has 0 aliphatic carbocycles. The second kappa shape index (κ2) is 6.63. The number of oxime groups is 1. The molecular weight excluding hydrogens is 330 g/mol. The third kappa shape index (κ3) is 3.18. The fraction of sp³-hybridized carbons (Fsp3) is 0.250. The molecule has 0 saturated carbocycles. The lowest BCUT2D eigenvalue weighted by Crippen LogP contribution is -2.32. The van der Waals surface area contributed by atoms with Gasteiger partial charge >= 0.3 is 0 Å². The van der Waals surface area contributed by atoms with Crippen LogP contribution in [0.1, 0.15) is 42.2 Å². The number of nitrogens with zero attached hydrogens (tertiary/aromatic N) is 1. The smallest absolute Gasteiger partial charge is 0.269 e. The van der Waals surface area contributed by atoms with Crippen LogP contribution in [-0.4, -0.2) is 17.5 Å². The molecule has 2 aliphatic heterocycles. The molecule has 0 fully saturated rings. The molecule has 0 saturated heterocycles. The van der Waals surface area contributed by atoms with E-state index in [1.54, 1.807) is 0 Å². The van der Waals surface area contributed by atoms with Crippen molar-refractivity contribution in [3.63, 3.8) is 0 Å². The lowest BCUT2D eigenvalue weighted by atomic mass is 10.0. The van der Waals surface area contributed by atoms with Crippen LogP contribution in [-0.2, 0) is 20.8 Å². The van der Waals surface area contributed by atoms with E-state index in [1.165, 1.54) is 0 Å². The number of carbonyl (C=O) groups excluding carboxylic acids is 2. The molecule has 4 rings (SSSR count). The minimum absolute atomic E-state index is 0.00162. The Bertz CT molecular complexity index is 892.